The van der Waals surface area contributed by atoms with Crippen LogP contribution in [0, 0.1) is 12.8 Å². The van der Waals surface area contributed by atoms with E-state index in [1.165, 1.54) is 17.7 Å². The monoisotopic (exact) mass is 246 g/mol. The van der Waals surface area contributed by atoms with Crippen molar-refractivity contribution in [3.8, 4) is 0 Å². The summed E-state index contributed by atoms with van der Waals surface area (Å²) in [6.07, 6.45) is 1.24. The molecule has 1 aromatic rings. The van der Waals surface area contributed by atoms with Crippen LogP contribution in [0.4, 0.5) is 5.69 Å². The lowest BCUT2D eigenvalue weighted by Crippen LogP contribution is -2.57. The van der Waals surface area contributed by atoms with Gasteiger partial charge in [-0.1, -0.05) is 38.0 Å². The van der Waals surface area contributed by atoms with Gasteiger partial charge in [0.1, 0.15) is 0 Å². The fourth-order valence-corrected chi connectivity index (χ4v) is 2.65. The van der Waals surface area contributed by atoms with Crippen molar-refractivity contribution in [3.05, 3.63) is 29.8 Å². The van der Waals surface area contributed by atoms with Gasteiger partial charge in [0.25, 0.3) is 0 Å². The van der Waals surface area contributed by atoms with Gasteiger partial charge in [-0.05, 0) is 31.9 Å². The Kier molecular flexibility index (Phi) is 4.28. The normalized spacial score (nSPS) is 26.1. The Morgan fingerprint density at radius 1 is 1.33 bits per heavy atom. The molecule has 1 aromatic carbocycles. The molecule has 1 saturated heterocycles. The van der Waals surface area contributed by atoms with E-state index in [1.807, 2.05) is 0 Å². The van der Waals surface area contributed by atoms with Crippen LogP contribution in [0.2, 0.25) is 0 Å². The number of hydrogen-bond donors (Lipinski definition) is 1. The Balaban J connectivity index is 2.12. The van der Waals surface area contributed by atoms with Crippen molar-refractivity contribution in [1.29, 1.82) is 0 Å². The van der Waals surface area contributed by atoms with Gasteiger partial charge in [0.2, 0.25) is 0 Å². The zero-order valence-corrected chi connectivity index (χ0v) is 12.1. The molecule has 0 aromatic heterocycles. The topological polar surface area (TPSA) is 15.3 Å². The second-order valence-electron chi connectivity index (χ2n) is 5.74. The summed E-state index contributed by atoms with van der Waals surface area (Å²) in [5, 5.41) is 3.69. The zero-order chi connectivity index (χ0) is 13.1. The number of piperazine rings is 1. The predicted molar refractivity (Wildman–Crippen MR) is 79.2 cm³/mol. The highest BCUT2D eigenvalue weighted by atomic mass is 15.2. The Labute approximate surface area is 111 Å². The van der Waals surface area contributed by atoms with Gasteiger partial charge in [-0.3, -0.25) is 0 Å². The van der Waals surface area contributed by atoms with Crippen molar-refractivity contribution in [3.63, 3.8) is 0 Å². The SMILES string of the molecule is CCC(C)C1CN(c2ccc(C)cc2)C(C)CN1. The lowest BCUT2D eigenvalue weighted by Gasteiger charge is -2.42. The van der Waals surface area contributed by atoms with Crippen LogP contribution in [0.3, 0.4) is 0 Å². The second-order valence-corrected chi connectivity index (χ2v) is 5.74. The van der Waals surface area contributed by atoms with Gasteiger partial charge >= 0.3 is 0 Å². The number of aryl methyl sites for hydroxylation is 1. The van der Waals surface area contributed by atoms with Crippen LogP contribution in [0.25, 0.3) is 0 Å². The van der Waals surface area contributed by atoms with Gasteiger partial charge in [0, 0.05) is 30.9 Å². The van der Waals surface area contributed by atoms with Gasteiger partial charge in [-0.15, -0.1) is 0 Å². The molecule has 0 aliphatic carbocycles. The Bertz CT molecular complexity index is 371. The molecular formula is C16H26N2. The third-order valence-electron chi connectivity index (χ3n) is 4.30. The van der Waals surface area contributed by atoms with Gasteiger partial charge in [-0.2, -0.15) is 0 Å². The lowest BCUT2D eigenvalue weighted by atomic mass is 9.95. The molecule has 3 unspecified atom stereocenters. The number of rotatable bonds is 3. The maximum atomic E-state index is 3.69. The minimum atomic E-state index is 0.577. The van der Waals surface area contributed by atoms with Gasteiger partial charge < -0.3 is 10.2 Å². The van der Waals surface area contributed by atoms with Crippen LogP contribution >= 0.6 is 0 Å². The van der Waals surface area contributed by atoms with Crippen LogP contribution in [-0.2, 0) is 0 Å². The van der Waals surface area contributed by atoms with Crippen LogP contribution in [0.15, 0.2) is 24.3 Å². The maximum absolute atomic E-state index is 3.69. The molecule has 1 N–H and O–H groups in total. The van der Waals surface area contributed by atoms with E-state index in [2.05, 4.69) is 62.2 Å². The summed E-state index contributed by atoms with van der Waals surface area (Å²) < 4.78 is 0. The lowest BCUT2D eigenvalue weighted by molar-refractivity contribution is 0.316. The summed E-state index contributed by atoms with van der Waals surface area (Å²) in [4.78, 5) is 2.55. The summed E-state index contributed by atoms with van der Waals surface area (Å²) in [5.41, 5.74) is 2.70. The minimum Gasteiger partial charge on any atom is -0.366 e. The van der Waals surface area contributed by atoms with E-state index in [1.54, 1.807) is 0 Å². The third-order valence-corrected chi connectivity index (χ3v) is 4.30. The summed E-state index contributed by atoms with van der Waals surface area (Å²) in [7, 11) is 0. The van der Waals surface area contributed by atoms with E-state index in [4.69, 9.17) is 0 Å². The number of hydrogen-bond acceptors (Lipinski definition) is 2. The minimum absolute atomic E-state index is 0.577. The van der Waals surface area contributed by atoms with Gasteiger partial charge in [-0.25, -0.2) is 0 Å². The van der Waals surface area contributed by atoms with Gasteiger partial charge in [0.05, 0.1) is 0 Å². The molecule has 0 saturated carbocycles. The van der Waals surface area contributed by atoms with Crippen molar-refractivity contribution < 1.29 is 0 Å². The van der Waals surface area contributed by atoms with Crippen molar-refractivity contribution in [2.45, 2.75) is 46.2 Å². The number of benzene rings is 1. The Morgan fingerprint density at radius 3 is 2.61 bits per heavy atom. The van der Waals surface area contributed by atoms with Crippen LogP contribution < -0.4 is 10.2 Å². The molecule has 0 bridgehead atoms. The third kappa shape index (κ3) is 2.86. The van der Waals surface area contributed by atoms with E-state index < -0.39 is 0 Å². The standard InChI is InChI=1S/C16H26N2/c1-5-13(3)16-11-18(14(4)10-17-16)15-8-6-12(2)7-9-15/h6-9,13-14,16-17H,5,10-11H2,1-4H3. The molecular weight excluding hydrogens is 220 g/mol. The maximum Gasteiger partial charge on any atom is 0.0387 e. The zero-order valence-electron chi connectivity index (χ0n) is 12.1. The molecule has 2 heteroatoms. The van der Waals surface area contributed by atoms with E-state index in [-0.39, 0.29) is 0 Å². The molecule has 1 fully saturated rings. The first kappa shape index (κ1) is 13.4. The molecule has 1 aliphatic rings. The van der Waals surface area contributed by atoms with E-state index >= 15 is 0 Å². The highest BCUT2D eigenvalue weighted by molar-refractivity contribution is 5.49. The van der Waals surface area contributed by atoms with E-state index in [0.717, 1.165) is 19.0 Å². The molecule has 100 valence electrons. The average Bonchev–Trinajstić information content (AvgIpc) is 2.39. The van der Waals surface area contributed by atoms with Crippen molar-refractivity contribution in [1.82, 2.24) is 5.32 Å². The van der Waals surface area contributed by atoms with Crippen LogP contribution in [-0.4, -0.2) is 25.2 Å². The first-order valence-electron chi connectivity index (χ1n) is 7.18. The molecule has 18 heavy (non-hydrogen) atoms. The Morgan fingerprint density at radius 2 is 2.00 bits per heavy atom. The van der Waals surface area contributed by atoms with Crippen molar-refractivity contribution >= 4 is 5.69 Å². The molecule has 0 spiro atoms. The van der Waals surface area contributed by atoms with E-state index in [9.17, 15) is 0 Å². The quantitative estimate of drug-likeness (QED) is 0.881. The summed E-state index contributed by atoms with van der Waals surface area (Å²) >= 11 is 0. The molecule has 3 atom stereocenters. The van der Waals surface area contributed by atoms with E-state index in [0.29, 0.717) is 12.1 Å². The molecule has 0 radical (unpaired) electrons. The highest BCUT2D eigenvalue weighted by Crippen LogP contribution is 2.23. The largest absolute Gasteiger partial charge is 0.366 e. The first-order chi connectivity index (χ1) is 8.61. The fraction of sp³-hybridized carbons (Fsp3) is 0.625. The molecule has 1 heterocycles. The average molecular weight is 246 g/mol. The van der Waals surface area contributed by atoms with Crippen LogP contribution in [0.1, 0.15) is 32.8 Å². The number of anilines is 1. The molecule has 1 aliphatic heterocycles. The highest BCUT2D eigenvalue weighted by Gasteiger charge is 2.27. The fourth-order valence-electron chi connectivity index (χ4n) is 2.65. The summed E-state index contributed by atoms with van der Waals surface area (Å²) in [6.45, 7) is 11.3. The second kappa shape index (κ2) is 5.75. The summed E-state index contributed by atoms with van der Waals surface area (Å²) in [6, 6.07) is 10.1. The van der Waals surface area contributed by atoms with Gasteiger partial charge in [0.15, 0.2) is 0 Å². The van der Waals surface area contributed by atoms with Crippen molar-refractivity contribution in [2.24, 2.45) is 5.92 Å². The Hall–Kier alpha value is -1.02. The van der Waals surface area contributed by atoms with Crippen molar-refractivity contribution in [2.75, 3.05) is 18.0 Å². The smallest absolute Gasteiger partial charge is 0.0387 e. The number of nitrogens with one attached hydrogen (secondary N) is 1. The predicted octanol–water partition coefficient (Wildman–Crippen LogP) is 3.21. The molecule has 2 nitrogen and oxygen atoms in total. The first-order valence-corrected chi connectivity index (χ1v) is 7.18. The molecule has 0 amide bonds. The summed E-state index contributed by atoms with van der Waals surface area (Å²) in [5.74, 6) is 0.741. The number of nitrogens with zero attached hydrogens (tertiary/aromatic N) is 1. The molecule has 2 rings (SSSR count). The van der Waals surface area contributed by atoms with Crippen LogP contribution in [0.5, 0.6) is 0 Å².